The monoisotopic (exact) mass is 203 g/mol. The Balaban J connectivity index is 3.02. The molecule has 0 aliphatic rings. The van der Waals surface area contributed by atoms with E-state index in [1.54, 1.807) is 18.2 Å². The van der Waals surface area contributed by atoms with Crippen LogP contribution in [0.1, 0.15) is 11.6 Å². The van der Waals surface area contributed by atoms with Crippen LogP contribution in [0.4, 0.5) is 13.2 Å². The van der Waals surface area contributed by atoms with E-state index < -0.39 is 12.2 Å². The summed E-state index contributed by atoms with van der Waals surface area (Å²) >= 11 is 0. The predicted molar refractivity (Wildman–Crippen MR) is 48.9 cm³/mol. The largest absolute Gasteiger partial charge is 0.408 e. The minimum absolute atomic E-state index is 0.269. The second-order valence-electron chi connectivity index (χ2n) is 3.32. The Kier molecular flexibility index (Phi) is 3.16. The van der Waals surface area contributed by atoms with Crippen molar-refractivity contribution in [3.63, 3.8) is 0 Å². The van der Waals surface area contributed by atoms with Crippen LogP contribution in [0.15, 0.2) is 30.3 Å². The van der Waals surface area contributed by atoms with Gasteiger partial charge < -0.3 is 0 Å². The number of rotatable bonds is 2. The van der Waals surface area contributed by atoms with Gasteiger partial charge in [-0.15, -0.1) is 0 Å². The maximum atomic E-state index is 12.6. The molecule has 0 unspecified atom stereocenters. The van der Waals surface area contributed by atoms with Gasteiger partial charge in [-0.2, -0.15) is 13.2 Å². The van der Waals surface area contributed by atoms with Gasteiger partial charge in [-0.1, -0.05) is 30.3 Å². The summed E-state index contributed by atoms with van der Waals surface area (Å²) in [5.74, 6) is 0. The van der Waals surface area contributed by atoms with Crippen LogP contribution in [0.25, 0.3) is 0 Å². The summed E-state index contributed by atoms with van der Waals surface area (Å²) < 4.78 is 37.8. The number of alkyl halides is 3. The first-order valence-corrected chi connectivity index (χ1v) is 4.21. The molecular formula is C10H12F3N. The first-order chi connectivity index (χ1) is 6.43. The van der Waals surface area contributed by atoms with Crippen molar-refractivity contribution >= 4 is 0 Å². The molecule has 0 heterocycles. The van der Waals surface area contributed by atoms with Crippen molar-refractivity contribution in [2.24, 2.45) is 0 Å². The van der Waals surface area contributed by atoms with Crippen LogP contribution >= 0.6 is 0 Å². The third-order valence-electron chi connectivity index (χ3n) is 1.94. The lowest BCUT2D eigenvalue weighted by Gasteiger charge is -2.26. The second-order valence-corrected chi connectivity index (χ2v) is 3.32. The zero-order chi connectivity index (χ0) is 10.8. The summed E-state index contributed by atoms with van der Waals surface area (Å²) in [5.41, 5.74) is 0.269. The Bertz CT molecular complexity index is 279. The Labute approximate surface area is 81.1 Å². The van der Waals surface area contributed by atoms with Crippen molar-refractivity contribution in [3.8, 4) is 0 Å². The van der Waals surface area contributed by atoms with E-state index in [-0.39, 0.29) is 5.56 Å². The number of benzene rings is 1. The Morgan fingerprint density at radius 1 is 1.07 bits per heavy atom. The van der Waals surface area contributed by atoms with E-state index >= 15 is 0 Å². The van der Waals surface area contributed by atoms with Gasteiger partial charge in [-0.25, -0.2) is 0 Å². The number of hydrogen-bond donors (Lipinski definition) is 0. The first-order valence-electron chi connectivity index (χ1n) is 4.21. The summed E-state index contributed by atoms with van der Waals surface area (Å²) in [6.45, 7) is 0. The van der Waals surface area contributed by atoms with Crippen LogP contribution in [-0.4, -0.2) is 25.2 Å². The molecule has 1 aromatic carbocycles. The van der Waals surface area contributed by atoms with Crippen molar-refractivity contribution in [2.75, 3.05) is 14.1 Å². The van der Waals surface area contributed by atoms with Crippen molar-refractivity contribution in [1.82, 2.24) is 4.90 Å². The van der Waals surface area contributed by atoms with Gasteiger partial charge in [0.05, 0.1) is 0 Å². The normalized spacial score (nSPS) is 14.4. The van der Waals surface area contributed by atoms with Gasteiger partial charge in [-0.3, -0.25) is 4.90 Å². The molecule has 0 fully saturated rings. The molecule has 0 saturated carbocycles. The van der Waals surface area contributed by atoms with E-state index in [9.17, 15) is 13.2 Å². The van der Waals surface area contributed by atoms with Crippen LogP contribution in [0.3, 0.4) is 0 Å². The summed E-state index contributed by atoms with van der Waals surface area (Å²) in [4.78, 5) is 1.16. The second kappa shape index (κ2) is 4.00. The highest BCUT2D eigenvalue weighted by Gasteiger charge is 2.42. The minimum atomic E-state index is -4.23. The maximum absolute atomic E-state index is 12.6. The smallest absolute Gasteiger partial charge is 0.295 e. The van der Waals surface area contributed by atoms with Gasteiger partial charge in [0, 0.05) is 0 Å². The molecule has 0 spiro atoms. The molecule has 0 aromatic heterocycles. The molecule has 14 heavy (non-hydrogen) atoms. The molecule has 0 bridgehead atoms. The molecule has 0 radical (unpaired) electrons. The first kappa shape index (κ1) is 11.0. The molecule has 1 nitrogen and oxygen atoms in total. The molecule has 0 N–H and O–H groups in total. The molecule has 1 rings (SSSR count). The Morgan fingerprint density at radius 2 is 1.57 bits per heavy atom. The summed E-state index contributed by atoms with van der Waals surface area (Å²) in [7, 11) is 2.84. The number of hydrogen-bond acceptors (Lipinski definition) is 1. The van der Waals surface area contributed by atoms with E-state index in [0.29, 0.717) is 0 Å². The van der Waals surface area contributed by atoms with E-state index in [4.69, 9.17) is 0 Å². The van der Waals surface area contributed by atoms with Crippen LogP contribution in [-0.2, 0) is 0 Å². The maximum Gasteiger partial charge on any atom is 0.408 e. The van der Waals surface area contributed by atoms with Gasteiger partial charge in [0.2, 0.25) is 0 Å². The molecule has 0 saturated heterocycles. The molecule has 4 heteroatoms. The van der Waals surface area contributed by atoms with Crippen molar-refractivity contribution in [2.45, 2.75) is 12.2 Å². The van der Waals surface area contributed by atoms with Crippen molar-refractivity contribution in [1.29, 1.82) is 0 Å². The highest BCUT2D eigenvalue weighted by Crippen LogP contribution is 2.35. The number of halogens is 3. The molecule has 0 aliphatic carbocycles. The van der Waals surface area contributed by atoms with Crippen LogP contribution in [0.5, 0.6) is 0 Å². The third kappa shape index (κ3) is 2.48. The lowest BCUT2D eigenvalue weighted by molar-refractivity contribution is -0.179. The van der Waals surface area contributed by atoms with Crippen LogP contribution in [0, 0.1) is 0 Å². The highest BCUT2D eigenvalue weighted by molar-refractivity contribution is 5.20. The lowest BCUT2D eigenvalue weighted by Crippen LogP contribution is -2.33. The standard InChI is InChI=1S/C10H12F3N/c1-14(2)9(10(11,12)13)8-6-4-3-5-7-8/h3-7,9H,1-2H3/t9-/m1/s1. The molecule has 1 atom stereocenters. The highest BCUT2D eigenvalue weighted by atomic mass is 19.4. The SMILES string of the molecule is CN(C)[C@H](c1ccccc1)C(F)(F)F. The quantitative estimate of drug-likeness (QED) is 0.714. The molecule has 1 aromatic rings. The average Bonchev–Trinajstić information content (AvgIpc) is 2.02. The van der Waals surface area contributed by atoms with E-state index in [1.165, 1.54) is 26.2 Å². The van der Waals surface area contributed by atoms with Crippen LogP contribution in [0.2, 0.25) is 0 Å². The lowest BCUT2D eigenvalue weighted by atomic mass is 10.1. The van der Waals surface area contributed by atoms with Gasteiger partial charge in [0.25, 0.3) is 0 Å². The van der Waals surface area contributed by atoms with Gasteiger partial charge in [-0.05, 0) is 19.7 Å². The predicted octanol–water partition coefficient (Wildman–Crippen LogP) is 2.85. The zero-order valence-electron chi connectivity index (χ0n) is 8.05. The fourth-order valence-electron chi connectivity index (χ4n) is 1.42. The van der Waals surface area contributed by atoms with Gasteiger partial charge in [0.15, 0.2) is 0 Å². The summed E-state index contributed by atoms with van der Waals surface area (Å²) in [6.07, 6.45) is -4.23. The van der Waals surface area contributed by atoms with Gasteiger partial charge >= 0.3 is 6.18 Å². The topological polar surface area (TPSA) is 3.24 Å². The van der Waals surface area contributed by atoms with E-state index in [1.807, 2.05) is 0 Å². The molecule has 78 valence electrons. The fraction of sp³-hybridized carbons (Fsp3) is 0.400. The van der Waals surface area contributed by atoms with Gasteiger partial charge in [0.1, 0.15) is 6.04 Å². The summed E-state index contributed by atoms with van der Waals surface area (Å²) in [6, 6.07) is 6.36. The minimum Gasteiger partial charge on any atom is -0.295 e. The van der Waals surface area contributed by atoms with Crippen LogP contribution < -0.4 is 0 Å². The summed E-state index contributed by atoms with van der Waals surface area (Å²) in [5, 5.41) is 0. The Morgan fingerprint density at radius 3 is 1.93 bits per heavy atom. The van der Waals surface area contributed by atoms with Crippen molar-refractivity contribution < 1.29 is 13.2 Å². The van der Waals surface area contributed by atoms with Crippen molar-refractivity contribution in [3.05, 3.63) is 35.9 Å². The van der Waals surface area contributed by atoms with E-state index in [0.717, 1.165) is 4.90 Å². The molecular weight excluding hydrogens is 191 g/mol. The Hall–Kier alpha value is -1.03. The van der Waals surface area contributed by atoms with E-state index in [2.05, 4.69) is 0 Å². The third-order valence-corrected chi connectivity index (χ3v) is 1.94. The molecule has 0 aliphatic heterocycles. The number of nitrogens with zero attached hydrogens (tertiary/aromatic N) is 1. The zero-order valence-corrected chi connectivity index (χ0v) is 8.05. The average molecular weight is 203 g/mol. The molecule has 0 amide bonds. The fourth-order valence-corrected chi connectivity index (χ4v) is 1.42.